The summed E-state index contributed by atoms with van der Waals surface area (Å²) in [5.74, 6) is -0.666. The molecule has 0 aromatic heterocycles. The van der Waals surface area contributed by atoms with E-state index in [1.54, 1.807) is 72.8 Å². The van der Waals surface area contributed by atoms with Crippen LogP contribution in [-0.2, 0) is 12.8 Å². The molecular formula is C36H34N2O8. The summed E-state index contributed by atoms with van der Waals surface area (Å²) < 4.78 is 10.7. The summed E-state index contributed by atoms with van der Waals surface area (Å²) in [6.07, 6.45) is 0.950. The molecule has 0 saturated carbocycles. The van der Waals surface area contributed by atoms with Gasteiger partial charge in [0.1, 0.15) is 11.5 Å². The van der Waals surface area contributed by atoms with E-state index in [0.717, 1.165) is 11.1 Å². The Bertz CT molecular complexity index is 1890. The number of amides is 2. The molecule has 46 heavy (non-hydrogen) atoms. The lowest BCUT2D eigenvalue weighted by Gasteiger charge is -2.20. The lowest BCUT2D eigenvalue weighted by atomic mass is 9.88. The number of hydrogen-bond donors (Lipinski definition) is 6. The third kappa shape index (κ3) is 6.91. The molecule has 6 N–H and O–H groups in total. The van der Waals surface area contributed by atoms with Crippen molar-refractivity contribution in [1.29, 1.82) is 0 Å². The highest BCUT2D eigenvalue weighted by atomic mass is 16.5. The standard InChI is InChI=1S/C36H34N2O8/c1-45-31-18-23(7-12-29(31)41)33-27-20-30(42)32(46-2)19-24(27)17-28(35(43)37-15-13-21-3-8-25(39)9-4-21)34(33)36(44)38-16-14-22-5-10-26(40)11-6-22/h3-12,17-20,39-42H,13-16H2,1-2H3,(H,37,43)(H,38,44). The number of phenolic OH excluding ortho intramolecular Hbond substituents is 4. The van der Waals surface area contributed by atoms with Gasteiger partial charge in [-0.15, -0.1) is 0 Å². The van der Waals surface area contributed by atoms with E-state index in [0.29, 0.717) is 34.7 Å². The number of fused-ring (bicyclic) bond motifs is 1. The number of rotatable bonds is 11. The van der Waals surface area contributed by atoms with Crippen molar-refractivity contribution < 1.29 is 39.5 Å². The zero-order chi connectivity index (χ0) is 32.8. The third-order valence-corrected chi connectivity index (χ3v) is 7.65. The van der Waals surface area contributed by atoms with Crippen molar-refractivity contribution in [1.82, 2.24) is 10.6 Å². The predicted molar refractivity (Wildman–Crippen MR) is 174 cm³/mol. The lowest BCUT2D eigenvalue weighted by Crippen LogP contribution is -2.32. The van der Waals surface area contributed by atoms with Gasteiger partial charge in [0.15, 0.2) is 23.0 Å². The first-order valence-corrected chi connectivity index (χ1v) is 14.6. The van der Waals surface area contributed by atoms with Gasteiger partial charge in [-0.05, 0) is 94.9 Å². The summed E-state index contributed by atoms with van der Waals surface area (Å²) in [6, 6.07) is 22.6. The molecule has 236 valence electrons. The summed E-state index contributed by atoms with van der Waals surface area (Å²) in [4.78, 5) is 28.0. The molecule has 0 bridgehead atoms. The van der Waals surface area contributed by atoms with Gasteiger partial charge in [-0.2, -0.15) is 0 Å². The van der Waals surface area contributed by atoms with Crippen LogP contribution in [0.4, 0.5) is 0 Å². The summed E-state index contributed by atoms with van der Waals surface area (Å²) in [6.45, 7) is 0.487. The quantitative estimate of drug-likeness (QED) is 0.116. The van der Waals surface area contributed by atoms with Gasteiger partial charge in [0, 0.05) is 18.7 Å². The van der Waals surface area contributed by atoms with Crippen molar-refractivity contribution >= 4 is 22.6 Å². The highest BCUT2D eigenvalue weighted by molar-refractivity contribution is 6.18. The Hall–Kier alpha value is -5.90. The number of nitrogens with one attached hydrogen (secondary N) is 2. The molecule has 10 heteroatoms. The zero-order valence-electron chi connectivity index (χ0n) is 25.3. The highest BCUT2D eigenvalue weighted by Gasteiger charge is 2.26. The fraction of sp³-hybridized carbons (Fsp3) is 0.167. The molecule has 0 aliphatic rings. The molecular weight excluding hydrogens is 588 g/mol. The number of phenols is 4. The molecule has 0 unspecified atom stereocenters. The molecule has 0 heterocycles. The van der Waals surface area contributed by atoms with Crippen LogP contribution in [0.15, 0.2) is 84.9 Å². The van der Waals surface area contributed by atoms with Gasteiger partial charge in [0.2, 0.25) is 0 Å². The molecule has 2 amide bonds. The maximum atomic E-state index is 14.1. The Labute approximate surface area is 265 Å². The molecule has 5 aromatic carbocycles. The summed E-state index contributed by atoms with van der Waals surface area (Å²) in [5, 5.41) is 47.1. The third-order valence-electron chi connectivity index (χ3n) is 7.65. The average molecular weight is 623 g/mol. The van der Waals surface area contributed by atoms with Crippen LogP contribution in [0.5, 0.6) is 34.5 Å². The zero-order valence-corrected chi connectivity index (χ0v) is 25.3. The number of methoxy groups -OCH3 is 2. The van der Waals surface area contributed by atoms with Crippen LogP contribution in [-0.4, -0.2) is 59.5 Å². The van der Waals surface area contributed by atoms with E-state index in [4.69, 9.17) is 9.47 Å². The van der Waals surface area contributed by atoms with Crippen molar-refractivity contribution in [3.05, 3.63) is 107 Å². The summed E-state index contributed by atoms with van der Waals surface area (Å²) in [7, 11) is 2.82. The van der Waals surface area contributed by atoms with E-state index in [1.165, 1.54) is 26.4 Å². The topological polar surface area (TPSA) is 158 Å². The van der Waals surface area contributed by atoms with Crippen LogP contribution in [0.25, 0.3) is 21.9 Å². The number of carbonyl (C=O) groups excluding carboxylic acids is 2. The fourth-order valence-corrected chi connectivity index (χ4v) is 5.28. The average Bonchev–Trinajstić information content (AvgIpc) is 3.05. The van der Waals surface area contributed by atoms with Crippen LogP contribution in [0.2, 0.25) is 0 Å². The maximum absolute atomic E-state index is 14.1. The van der Waals surface area contributed by atoms with Gasteiger partial charge in [0.05, 0.1) is 25.3 Å². The molecule has 0 aliphatic carbocycles. The van der Waals surface area contributed by atoms with Gasteiger partial charge in [-0.1, -0.05) is 30.3 Å². The van der Waals surface area contributed by atoms with Crippen LogP contribution in [0, 0.1) is 0 Å². The Morgan fingerprint density at radius 2 is 1.17 bits per heavy atom. The van der Waals surface area contributed by atoms with E-state index in [9.17, 15) is 30.0 Å². The smallest absolute Gasteiger partial charge is 0.252 e. The van der Waals surface area contributed by atoms with Crippen molar-refractivity contribution in [2.75, 3.05) is 27.3 Å². The van der Waals surface area contributed by atoms with Gasteiger partial charge < -0.3 is 40.5 Å². The monoisotopic (exact) mass is 622 g/mol. The first-order valence-electron chi connectivity index (χ1n) is 14.6. The molecule has 5 rings (SSSR count). The van der Waals surface area contributed by atoms with Crippen molar-refractivity contribution in [2.45, 2.75) is 12.8 Å². The molecule has 0 radical (unpaired) electrons. The Kier molecular flexibility index (Phi) is 9.47. The largest absolute Gasteiger partial charge is 0.508 e. The first-order chi connectivity index (χ1) is 22.2. The SMILES string of the molecule is COc1cc(-c2c(C(=O)NCCc3ccc(O)cc3)c(C(=O)NCCc3ccc(O)cc3)cc3cc(OC)c(O)cc23)ccc1O. The number of carbonyl (C=O) groups is 2. The number of hydrogen-bond acceptors (Lipinski definition) is 8. The minimum Gasteiger partial charge on any atom is -0.508 e. The lowest BCUT2D eigenvalue weighted by molar-refractivity contribution is 0.0920. The molecule has 0 saturated heterocycles. The minimum atomic E-state index is -0.526. The number of ether oxygens (including phenoxy) is 2. The van der Waals surface area contributed by atoms with E-state index in [-0.39, 0.29) is 58.7 Å². The van der Waals surface area contributed by atoms with Crippen molar-refractivity contribution in [3.63, 3.8) is 0 Å². The van der Waals surface area contributed by atoms with Crippen molar-refractivity contribution in [2.24, 2.45) is 0 Å². The van der Waals surface area contributed by atoms with E-state index < -0.39 is 11.8 Å². The second kappa shape index (κ2) is 13.8. The van der Waals surface area contributed by atoms with Gasteiger partial charge in [0.25, 0.3) is 11.8 Å². The minimum absolute atomic E-state index is 0.0673. The van der Waals surface area contributed by atoms with Crippen LogP contribution >= 0.6 is 0 Å². The van der Waals surface area contributed by atoms with Crippen LogP contribution in [0.3, 0.4) is 0 Å². The molecule has 0 spiro atoms. The predicted octanol–water partition coefficient (Wildman–Crippen LogP) is 5.29. The highest BCUT2D eigenvalue weighted by Crippen LogP contribution is 2.42. The van der Waals surface area contributed by atoms with Gasteiger partial charge in [-0.25, -0.2) is 0 Å². The van der Waals surface area contributed by atoms with E-state index >= 15 is 0 Å². The number of benzene rings is 5. The summed E-state index contributed by atoms with van der Waals surface area (Å²) in [5.41, 5.74) is 2.77. The Morgan fingerprint density at radius 1 is 0.630 bits per heavy atom. The molecule has 10 nitrogen and oxygen atoms in total. The van der Waals surface area contributed by atoms with Gasteiger partial charge in [-0.3, -0.25) is 9.59 Å². The van der Waals surface area contributed by atoms with E-state index in [1.807, 2.05) is 0 Å². The van der Waals surface area contributed by atoms with E-state index in [2.05, 4.69) is 10.6 Å². The first kappa shape index (κ1) is 31.5. The molecule has 0 fully saturated rings. The van der Waals surface area contributed by atoms with Crippen LogP contribution < -0.4 is 20.1 Å². The normalized spacial score (nSPS) is 10.8. The van der Waals surface area contributed by atoms with Crippen LogP contribution in [0.1, 0.15) is 31.8 Å². The maximum Gasteiger partial charge on any atom is 0.252 e. The summed E-state index contributed by atoms with van der Waals surface area (Å²) >= 11 is 0. The second-order valence-corrected chi connectivity index (χ2v) is 10.7. The van der Waals surface area contributed by atoms with Gasteiger partial charge >= 0.3 is 0 Å². The molecule has 5 aromatic rings. The Morgan fingerprint density at radius 3 is 1.74 bits per heavy atom. The molecule has 0 aliphatic heterocycles. The molecule has 0 atom stereocenters. The fourth-order valence-electron chi connectivity index (χ4n) is 5.28. The second-order valence-electron chi connectivity index (χ2n) is 10.7. The number of aromatic hydroxyl groups is 4. The Balaban J connectivity index is 1.61. The van der Waals surface area contributed by atoms with Crippen molar-refractivity contribution in [3.8, 4) is 45.6 Å².